The maximum absolute atomic E-state index is 12.3. The van der Waals surface area contributed by atoms with Crippen molar-refractivity contribution in [3.63, 3.8) is 0 Å². The molecule has 0 bridgehead atoms. The van der Waals surface area contributed by atoms with Crippen LogP contribution in [0, 0.1) is 12.8 Å². The Hall–Kier alpha value is -3.19. The zero-order chi connectivity index (χ0) is 23.8. The number of rotatable bonds is 7. The summed E-state index contributed by atoms with van der Waals surface area (Å²) in [6.45, 7) is 8.73. The van der Waals surface area contributed by atoms with Gasteiger partial charge in [0.15, 0.2) is 0 Å². The van der Waals surface area contributed by atoms with Gasteiger partial charge < -0.3 is 10.1 Å². The van der Waals surface area contributed by atoms with Gasteiger partial charge in [0.1, 0.15) is 0 Å². The molecule has 1 atom stereocenters. The van der Waals surface area contributed by atoms with E-state index in [4.69, 9.17) is 4.74 Å². The molecule has 172 valence electrons. The fourth-order valence-corrected chi connectivity index (χ4v) is 4.50. The topological polar surface area (TPSA) is 76.5 Å². The smallest absolute Gasteiger partial charge is 0.341 e. The first-order valence-corrected chi connectivity index (χ1v) is 11.9. The van der Waals surface area contributed by atoms with Gasteiger partial charge in [0.25, 0.3) is 0 Å². The second kappa shape index (κ2) is 11.6. The van der Waals surface area contributed by atoms with E-state index in [2.05, 4.69) is 53.2 Å². The highest BCUT2D eigenvalue weighted by Gasteiger charge is 2.19. The van der Waals surface area contributed by atoms with E-state index in [1.54, 1.807) is 25.1 Å². The number of ether oxygens (including phenoxy) is 1. The summed E-state index contributed by atoms with van der Waals surface area (Å²) in [5, 5.41) is 3.58. The molecule has 0 saturated carbocycles. The third kappa shape index (κ3) is 6.20. The number of carbonyl (C=O) groups excluding carboxylic acids is 1. The van der Waals surface area contributed by atoms with Crippen molar-refractivity contribution >= 4 is 22.8 Å². The van der Waals surface area contributed by atoms with Gasteiger partial charge in [-0.2, -0.15) is 4.99 Å². The highest BCUT2D eigenvalue weighted by Crippen LogP contribution is 2.39. The minimum atomic E-state index is -0.304. The lowest BCUT2D eigenvalue weighted by atomic mass is 9.98. The number of nitrogens with one attached hydrogen (secondary N) is 1. The van der Waals surface area contributed by atoms with Crippen molar-refractivity contribution < 1.29 is 9.53 Å². The molecule has 0 saturated heterocycles. The third-order valence-corrected chi connectivity index (χ3v) is 6.76. The van der Waals surface area contributed by atoms with Crippen LogP contribution in [0.5, 0.6) is 5.88 Å². The Labute approximate surface area is 199 Å². The number of pyridine rings is 2. The lowest BCUT2D eigenvalue weighted by Crippen LogP contribution is -2.21. The van der Waals surface area contributed by atoms with Gasteiger partial charge in [-0.05, 0) is 55.2 Å². The molecule has 1 aromatic carbocycles. The summed E-state index contributed by atoms with van der Waals surface area (Å²) in [6, 6.07) is 11.8. The minimum absolute atomic E-state index is 0.157. The first-order valence-electron chi connectivity index (χ1n) is 11.1. The largest absolute Gasteiger partial charge is 0.481 e. The fraction of sp³-hybridized carbons (Fsp3) is 0.308. The molecule has 0 fully saturated rings. The molecule has 7 heteroatoms. The minimum Gasteiger partial charge on any atom is -0.481 e. The van der Waals surface area contributed by atoms with Gasteiger partial charge in [0.05, 0.1) is 12.2 Å². The Kier molecular flexibility index (Phi) is 8.60. The van der Waals surface area contributed by atoms with Gasteiger partial charge in [-0.1, -0.05) is 37.7 Å². The van der Waals surface area contributed by atoms with E-state index in [1.165, 1.54) is 0 Å². The molecule has 0 aliphatic heterocycles. The second-order valence-corrected chi connectivity index (χ2v) is 8.73. The number of aromatic nitrogens is 2. The third-order valence-electron chi connectivity index (χ3n) is 5.31. The number of methoxy groups -OCH3 is 1. The predicted octanol–water partition coefficient (Wildman–Crippen LogP) is 6.39. The van der Waals surface area contributed by atoms with E-state index in [0.29, 0.717) is 12.4 Å². The van der Waals surface area contributed by atoms with Crippen molar-refractivity contribution in [2.75, 3.05) is 13.7 Å². The summed E-state index contributed by atoms with van der Waals surface area (Å²) >= 11 is 1.56. The number of hydrogen-bond donors (Lipinski definition) is 1. The Balaban J connectivity index is 2.12. The number of nitrogens with zero attached hydrogens (tertiary/aromatic N) is 3. The van der Waals surface area contributed by atoms with Crippen LogP contribution in [0.4, 0.5) is 4.79 Å². The van der Waals surface area contributed by atoms with Gasteiger partial charge in [0, 0.05) is 53.1 Å². The number of amides is 2. The van der Waals surface area contributed by atoms with Crippen LogP contribution in [-0.4, -0.2) is 34.7 Å². The number of thioether (sulfide) groups is 1. The lowest BCUT2D eigenvalue weighted by molar-refractivity contribution is 0.249. The van der Waals surface area contributed by atoms with Crippen molar-refractivity contribution in [3.8, 4) is 28.1 Å². The Morgan fingerprint density at radius 1 is 1.15 bits per heavy atom. The SMILES string of the molecule is CCNC(=O)N=C(Sc1c(C)cc(-c2ccc(OC)nc2)cc1-c1cccnc1)C(C)CC. The summed E-state index contributed by atoms with van der Waals surface area (Å²) in [6.07, 6.45) is 6.33. The van der Waals surface area contributed by atoms with Crippen LogP contribution in [0.25, 0.3) is 22.3 Å². The van der Waals surface area contributed by atoms with Crippen LogP contribution >= 0.6 is 11.8 Å². The van der Waals surface area contributed by atoms with Crippen molar-refractivity contribution in [2.45, 2.75) is 39.0 Å². The molecular formula is C26H30N4O2S. The summed E-state index contributed by atoms with van der Waals surface area (Å²) in [5.41, 5.74) is 5.20. The molecule has 3 aromatic rings. The Morgan fingerprint density at radius 3 is 2.58 bits per heavy atom. The number of urea groups is 1. The van der Waals surface area contributed by atoms with Crippen LogP contribution in [0.3, 0.4) is 0 Å². The molecule has 0 radical (unpaired) electrons. The maximum Gasteiger partial charge on any atom is 0.341 e. The molecule has 6 nitrogen and oxygen atoms in total. The normalized spacial score (nSPS) is 12.3. The quantitative estimate of drug-likeness (QED) is 0.250. The number of hydrogen-bond acceptors (Lipinski definition) is 5. The molecule has 33 heavy (non-hydrogen) atoms. The van der Waals surface area contributed by atoms with Gasteiger partial charge in [-0.3, -0.25) is 4.98 Å². The van der Waals surface area contributed by atoms with E-state index in [1.807, 2.05) is 43.6 Å². The number of benzene rings is 1. The molecule has 2 heterocycles. The van der Waals surface area contributed by atoms with Gasteiger partial charge in [-0.25, -0.2) is 9.78 Å². The van der Waals surface area contributed by atoms with Crippen molar-refractivity contribution in [3.05, 3.63) is 60.6 Å². The first kappa shape index (κ1) is 24.5. The van der Waals surface area contributed by atoms with Gasteiger partial charge in [0.2, 0.25) is 5.88 Å². The van der Waals surface area contributed by atoms with E-state index in [0.717, 1.165) is 44.2 Å². The predicted molar refractivity (Wildman–Crippen MR) is 136 cm³/mol. The molecule has 1 unspecified atom stereocenters. The van der Waals surface area contributed by atoms with Crippen molar-refractivity contribution in [1.29, 1.82) is 0 Å². The monoisotopic (exact) mass is 462 g/mol. The first-order chi connectivity index (χ1) is 16.0. The Morgan fingerprint density at radius 2 is 1.97 bits per heavy atom. The molecule has 2 aromatic heterocycles. The van der Waals surface area contributed by atoms with Crippen LogP contribution in [0.1, 0.15) is 32.8 Å². The van der Waals surface area contributed by atoms with Crippen LogP contribution in [-0.2, 0) is 0 Å². The van der Waals surface area contributed by atoms with Crippen molar-refractivity contribution in [2.24, 2.45) is 10.9 Å². The highest BCUT2D eigenvalue weighted by atomic mass is 32.2. The highest BCUT2D eigenvalue weighted by molar-refractivity contribution is 8.14. The lowest BCUT2D eigenvalue weighted by Gasteiger charge is -2.18. The molecule has 0 aliphatic rings. The zero-order valence-corrected chi connectivity index (χ0v) is 20.6. The fourth-order valence-electron chi connectivity index (χ4n) is 3.29. The maximum atomic E-state index is 12.3. The van der Waals surface area contributed by atoms with E-state index in [-0.39, 0.29) is 11.9 Å². The van der Waals surface area contributed by atoms with Crippen molar-refractivity contribution in [1.82, 2.24) is 15.3 Å². The summed E-state index contributed by atoms with van der Waals surface area (Å²) in [7, 11) is 1.61. The average molecular weight is 463 g/mol. The van der Waals surface area contributed by atoms with Crippen LogP contribution in [0.2, 0.25) is 0 Å². The second-order valence-electron chi connectivity index (χ2n) is 7.70. The molecule has 2 amide bonds. The standard InChI is InChI=1S/C26H30N4O2S/c1-6-17(3)25(30-26(31)28-7-2)33-24-18(4)13-21(19-10-11-23(32-5)29-16-19)14-22(24)20-9-8-12-27-15-20/h8-17H,6-7H2,1-5H3,(H,28,31). The van der Waals surface area contributed by atoms with Gasteiger partial charge in [-0.15, -0.1) is 0 Å². The number of carbonyl (C=O) groups is 1. The zero-order valence-electron chi connectivity index (χ0n) is 19.8. The van der Waals surface area contributed by atoms with E-state index >= 15 is 0 Å². The summed E-state index contributed by atoms with van der Waals surface area (Å²) in [5.74, 6) is 0.735. The molecule has 0 spiro atoms. The Bertz CT molecular complexity index is 1120. The number of aryl methyl sites for hydroxylation is 1. The average Bonchev–Trinajstić information content (AvgIpc) is 2.84. The molecule has 0 aliphatic carbocycles. The molecule has 1 N–H and O–H groups in total. The number of aliphatic imine (C=N–C) groups is 1. The summed E-state index contributed by atoms with van der Waals surface area (Å²) in [4.78, 5) is 26.4. The van der Waals surface area contributed by atoms with Crippen LogP contribution in [0.15, 0.2) is 64.9 Å². The van der Waals surface area contributed by atoms with Crippen LogP contribution < -0.4 is 10.1 Å². The van der Waals surface area contributed by atoms with E-state index < -0.39 is 0 Å². The van der Waals surface area contributed by atoms with Gasteiger partial charge >= 0.3 is 6.03 Å². The molecule has 3 rings (SSSR count). The summed E-state index contributed by atoms with van der Waals surface area (Å²) < 4.78 is 5.20. The molecular weight excluding hydrogens is 432 g/mol. The van der Waals surface area contributed by atoms with E-state index in [9.17, 15) is 4.79 Å².